The summed E-state index contributed by atoms with van der Waals surface area (Å²) in [6.45, 7) is 7.49. The molecule has 6 heteroatoms. The van der Waals surface area contributed by atoms with Crippen molar-refractivity contribution in [1.29, 1.82) is 0 Å². The van der Waals surface area contributed by atoms with Crippen molar-refractivity contribution in [2.45, 2.75) is 45.4 Å². The highest BCUT2D eigenvalue weighted by Crippen LogP contribution is 2.27. The van der Waals surface area contributed by atoms with Gasteiger partial charge in [0, 0.05) is 30.8 Å². The van der Waals surface area contributed by atoms with Crippen LogP contribution in [0.2, 0.25) is 0 Å². The largest absolute Gasteiger partial charge is 0.351 e. The topological polar surface area (TPSA) is 75.0 Å². The third-order valence-corrected chi connectivity index (χ3v) is 4.18. The van der Waals surface area contributed by atoms with Crippen molar-refractivity contribution in [2.24, 2.45) is 0 Å². The number of amides is 1. The third-order valence-electron chi connectivity index (χ3n) is 4.18. The smallest absolute Gasteiger partial charge is 0.292 e. The van der Waals surface area contributed by atoms with E-state index >= 15 is 0 Å². The van der Waals surface area contributed by atoms with Gasteiger partial charge in [0.25, 0.3) is 5.91 Å². The zero-order valence-corrected chi connectivity index (χ0v) is 13.3. The number of H-pyrrole nitrogens is 1. The molecule has 0 saturated carbocycles. The number of rotatable bonds is 3. The second-order valence-electron chi connectivity index (χ2n) is 6.34. The maximum Gasteiger partial charge on any atom is 0.292 e. The van der Waals surface area contributed by atoms with Gasteiger partial charge in [-0.2, -0.15) is 5.10 Å². The summed E-state index contributed by atoms with van der Waals surface area (Å²) in [7, 11) is 0. The van der Waals surface area contributed by atoms with E-state index in [1.165, 1.54) is 0 Å². The molecule has 0 bridgehead atoms. The van der Waals surface area contributed by atoms with Crippen LogP contribution in [-0.4, -0.2) is 39.3 Å². The molecule has 2 aromatic rings. The monoisotopic (exact) mass is 302 g/mol. The molecule has 1 atom stereocenters. The normalized spacial score (nSPS) is 18.9. The predicted octanol–water partition coefficient (Wildman–Crippen LogP) is 2.85. The zero-order chi connectivity index (χ0) is 15.7. The Morgan fingerprint density at radius 1 is 1.45 bits per heavy atom. The van der Waals surface area contributed by atoms with Crippen LogP contribution in [0.15, 0.2) is 16.7 Å². The average molecular weight is 302 g/mol. The summed E-state index contributed by atoms with van der Waals surface area (Å²) in [5, 5.41) is 11.3. The van der Waals surface area contributed by atoms with Gasteiger partial charge in [-0.15, -0.1) is 0 Å². The average Bonchev–Trinajstić information content (AvgIpc) is 3.15. The molecule has 1 saturated heterocycles. The molecular formula is C16H22N4O2. The van der Waals surface area contributed by atoms with Gasteiger partial charge in [0.15, 0.2) is 0 Å². The summed E-state index contributed by atoms with van der Waals surface area (Å²) < 4.78 is 5.22. The molecule has 1 amide bonds. The van der Waals surface area contributed by atoms with Crippen molar-refractivity contribution in [3.05, 3.63) is 35.0 Å². The quantitative estimate of drug-likeness (QED) is 0.946. The highest BCUT2D eigenvalue weighted by atomic mass is 16.5. The summed E-state index contributed by atoms with van der Waals surface area (Å²) in [4.78, 5) is 14.4. The Labute approximate surface area is 129 Å². The Morgan fingerprint density at radius 2 is 2.27 bits per heavy atom. The highest BCUT2D eigenvalue weighted by Gasteiger charge is 2.29. The van der Waals surface area contributed by atoms with Crippen LogP contribution in [0.25, 0.3) is 0 Å². The van der Waals surface area contributed by atoms with Crippen LogP contribution in [0.5, 0.6) is 0 Å². The number of aromatic amines is 1. The molecule has 1 fully saturated rings. The Hall–Kier alpha value is -2.11. The third kappa shape index (κ3) is 2.91. The number of hydrogen-bond acceptors (Lipinski definition) is 4. The van der Waals surface area contributed by atoms with E-state index in [1.54, 1.807) is 6.07 Å². The van der Waals surface area contributed by atoms with Crippen LogP contribution in [0.4, 0.5) is 0 Å². The van der Waals surface area contributed by atoms with Gasteiger partial charge in [-0.05, 0) is 31.7 Å². The number of carbonyl (C=O) groups is 1. The van der Waals surface area contributed by atoms with E-state index in [-0.39, 0.29) is 17.7 Å². The standard InChI is InChI=1S/C16H22N4O2/c1-10(2)13-8-15(22-19-13)16(21)20-6-4-5-12(9-20)14-7-11(3)17-18-14/h7-8,10,12H,4-6,9H2,1-3H3,(H,17,18). The number of aryl methyl sites for hydroxylation is 1. The molecule has 0 radical (unpaired) electrons. The van der Waals surface area contributed by atoms with E-state index in [2.05, 4.69) is 21.4 Å². The first-order valence-corrected chi connectivity index (χ1v) is 7.82. The molecule has 1 N–H and O–H groups in total. The SMILES string of the molecule is Cc1cc(C2CCCN(C(=O)c3cc(C(C)C)no3)C2)n[nH]1. The fourth-order valence-electron chi connectivity index (χ4n) is 2.87. The van der Waals surface area contributed by atoms with Gasteiger partial charge in [-0.1, -0.05) is 19.0 Å². The van der Waals surface area contributed by atoms with Crippen molar-refractivity contribution < 1.29 is 9.32 Å². The van der Waals surface area contributed by atoms with E-state index in [4.69, 9.17) is 4.52 Å². The molecule has 1 aliphatic heterocycles. The lowest BCUT2D eigenvalue weighted by molar-refractivity contribution is 0.0663. The van der Waals surface area contributed by atoms with Crippen LogP contribution in [-0.2, 0) is 0 Å². The van der Waals surface area contributed by atoms with Gasteiger partial charge in [0.2, 0.25) is 5.76 Å². The lowest BCUT2D eigenvalue weighted by Crippen LogP contribution is -2.39. The first-order valence-electron chi connectivity index (χ1n) is 7.82. The van der Waals surface area contributed by atoms with E-state index in [9.17, 15) is 4.79 Å². The predicted molar refractivity (Wildman–Crippen MR) is 81.8 cm³/mol. The molecular weight excluding hydrogens is 280 g/mol. The number of nitrogens with zero attached hydrogens (tertiary/aromatic N) is 3. The van der Waals surface area contributed by atoms with Crippen LogP contribution in [0, 0.1) is 6.92 Å². The van der Waals surface area contributed by atoms with Crippen LogP contribution >= 0.6 is 0 Å². The highest BCUT2D eigenvalue weighted by molar-refractivity contribution is 5.91. The van der Waals surface area contributed by atoms with Gasteiger partial charge in [0.1, 0.15) is 0 Å². The Balaban J connectivity index is 1.72. The summed E-state index contributed by atoms with van der Waals surface area (Å²) in [6, 6.07) is 3.82. The fraction of sp³-hybridized carbons (Fsp3) is 0.562. The molecule has 1 aliphatic rings. The minimum absolute atomic E-state index is 0.0728. The van der Waals surface area contributed by atoms with Crippen molar-refractivity contribution in [3.63, 3.8) is 0 Å². The molecule has 2 aromatic heterocycles. The van der Waals surface area contributed by atoms with E-state index in [1.807, 2.05) is 25.7 Å². The molecule has 3 rings (SSSR count). The molecule has 3 heterocycles. The maximum atomic E-state index is 12.6. The maximum absolute atomic E-state index is 12.6. The van der Waals surface area contributed by atoms with Crippen LogP contribution in [0.3, 0.4) is 0 Å². The van der Waals surface area contributed by atoms with E-state index < -0.39 is 0 Å². The molecule has 0 aromatic carbocycles. The number of carbonyl (C=O) groups excluding carboxylic acids is 1. The van der Waals surface area contributed by atoms with Gasteiger partial charge in [-0.25, -0.2) is 0 Å². The lowest BCUT2D eigenvalue weighted by Gasteiger charge is -2.31. The number of piperidine rings is 1. The molecule has 22 heavy (non-hydrogen) atoms. The Bertz CT molecular complexity index is 659. The van der Waals surface area contributed by atoms with Crippen molar-refractivity contribution >= 4 is 5.91 Å². The number of likely N-dealkylation sites (tertiary alicyclic amines) is 1. The summed E-state index contributed by atoms with van der Waals surface area (Å²) in [5.41, 5.74) is 2.91. The fourth-order valence-corrected chi connectivity index (χ4v) is 2.87. The Morgan fingerprint density at radius 3 is 2.91 bits per heavy atom. The number of aromatic nitrogens is 3. The number of hydrogen-bond donors (Lipinski definition) is 1. The van der Waals surface area contributed by atoms with E-state index in [0.29, 0.717) is 12.3 Å². The lowest BCUT2D eigenvalue weighted by atomic mass is 9.94. The Kier molecular flexibility index (Phi) is 4.00. The van der Waals surface area contributed by atoms with E-state index in [0.717, 1.165) is 36.5 Å². The van der Waals surface area contributed by atoms with Gasteiger partial charge in [0.05, 0.1) is 11.4 Å². The van der Waals surface area contributed by atoms with Crippen molar-refractivity contribution in [2.75, 3.05) is 13.1 Å². The zero-order valence-electron chi connectivity index (χ0n) is 13.3. The van der Waals surface area contributed by atoms with Crippen LogP contribution in [0.1, 0.15) is 66.2 Å². The van der Waals surface area contributed by atoms with Crippen molar-refractivity contribution in [1.82, 2.24) is 20.3 Å². The molecule has 0 spiro atoms. The molecule has 0 aliphatic carbocycles. The first-order chi connectivity index (χ1) is 10.5. The summed E-state index contributed by atoms with van der Waals surface area (Å²) >= 11 is 0. The molecule has 118 valence electrons. The minimum atomic E-state index is -0.0728. The molecule has 6 nitrogen and oxygen atoms in total. The summed E-state index contributed by atoms with van der Waals surface area (Å²) in [5.74, 6) is 0.806. The first kappa shape index (κ1) is 14.8. The van der Waals surface area contributed by atoms with Crippen molar-refractivity contribution in [3.8, 4) is 0 Å². The van der Waals surface area contributed by atoms with Gasteiger partial charge < -0.3 is 9.42 Å². The van der Waals surface area contributed by atoms with Gasteiger partial charge >= 0.3 is 0 Å². The van der Waals surface area contributed by atoms with Gasteiger partial charge in [-0.3, -0.25) is 9.89 Å². The molecule has 1 unspecified atom stereocenters. The second kappa shape index (κ2) is 5.94. The second-order valence-corrected chi connectivity index (χ2v) is 6.34. The summed E-state index contributed by atoms with van der Waals surface area (Å²) in [6.07, 6.45) is 2.04. The minimum Gasteiger partial charge on any atom is -0.351 e. The van der Waals surface area contributed by atoms with Crippen LogP contribution < -0.4 is 0 Å². The number of nitrogens with one attached hydrogen (secondary N) is 1.